The van der Waals surface area contributed by atoms with Crippen LogP contribution in [0.5, 0.6) is 0 Å². The van der Waals surface area contributed by atoms with Crippen LogP contribution in [0.4, 0.5) is 0 Å². The van der Waals surface area contributed by atoms with Crippen LogP contribution in [0.25, 0.3) is 0 Å². The molecule has 0 radical (unpaired) electrons. The minimum absolute atomic E-state index is 0.409. The van der Waals surface area contributed by atoms with Crippen molar-refractivity contribution in [1.82, 2.24) is 4.90 Å². The first kappa shape index (κ1) is 9.44. The lowest BCUT2D eigenvalue weighted by Gasteiger charge is -2.40. The molecule has 13 heavy (non-hydrogen) atoms. The van der Waals surface area contributed by atoms with Crippen molar-refractivity contribution < 1.29 is 4.74 Å². The van der Waals surface area contributed by atoms with Gasteiger partial charge in [0, 0.05) is 25.2 Å². The summed E-state index contributed by atoms with van der Waals surface area (Å²) >= 11 is 0. The molecule has 2 rings (SSSR count). The Morgan fingerprint density at radius 3 is 2.46 bits per heavy atom. The second-order valence-corrected chi connectivity index (χ2v) is 4.16. The summed E-state index contributed by atoms with van der Waals surface area (Å²) in [5, 5.41) is 0. The molecule has 1 saturated carbocycles. The van der Waals surface area contributed by atoms with Gasteiger partial charge in [0.2, 0.25) is 0 Å². The largest absolute Gasteiger partial charge is 0.379 e. The third-order valence-corrected chi connectivity index (χ3v) is 3.30. The van der Waals surface area contributed by atoms with Crippen molar-refractivity contribution in [3.05, 3.63) is 0 Å². The molecule has 3 heteroatoms. The second kappa shape index (κ2) is 4.40. The van der Waals surface area contributed by atoms with Crippen LogP contribution in [0.2, 0.25) is 0 Å². The van der Waals surface area contributed by atoms with E-state index in [-0.39, 0.29) is 0 Å². The van der Waals surface area contributed by atoms with Gasteiger partial charge in [-0.15, -0.1) is 0 Å². The predicted molar refractivity (Wildman–Crippen MR) is 52.6 cm³/mol. The minimum Gasteiger partial charge on any atom is -0.379 e. The third kappa shape index (κ3) is 2.22. The molecule has 2 aliphatic rings. The zero-order chi connectivity index (χ0) is 9.10. The quantitative estimate of drug-likeness (QED) is 0.648. The predicted octanol–water partition coefficient (Wildman–Crippen LogP) is 0.588. The van der Waals surface area contributed by atoms with Crippen molar-refractivity contribution in [2.75, 3.05) is 26.3 Å². The summed E-state index contributed by atoms with van der Waals surface area (Å²) in [4.78, 5) is 2.52. The molecule has 3 nitrogen and oxygen atoms in total. The molecule has 0 amide bonds. The van der Waals surface area contributed by atoms with Crippen LogP contribution in [0, 0.1) is 0 Å². The van der Waals surface area contributed by atoms with Gasteiger partial charge >= 0.3 is 0 Å². The fourth-order valence-electron chi connectivity index (χ4n) is 2.50. The van der Waals surface area contributed by atoms with Crippen molar-refractivity contribution in [3.63, 3.8) is 0 Å². The van der Waals surface area contributed by atoms with Gasteiger partial charge in [-0.25, -0.2) is 0 Å². The molecular formula is C10H20N2O. The lowest BCUT2D eigenvalue weighted by atomic mass is 9.89. The van der Waals surface area contributed by atoms with Crippen LogP contribution in [0.15, 0.2) is 0 Å². The Morgan fingerprint density at radius 1 is 1.08 bits per heavy atom. The Kier molecular flexibility index (Phi) is 3.19. The topological polar surface area (TPSA) is 38.5 Å². The number of nitrogens with zero attached hydrogens (tertiary/aromatic N) is 1. The molecule has 0 spiro atoms. The first-order valence-electron chi connectivity index (χ1n) is 5.45. The fourth-order valence-corrected chi connectivity index (χ4v) is 2.50. The third-order valence-electron chi connectivity index (χ3n) is 3.30. The van der Waals surface area contributed by atoms with Crippen LogP contribution in [-0.4, -0.2) is 43.3 Å². The maximum Gasteiger partial charge on any atom is 0.0594 e. The van der Waals surface area contributed by atoms with E-state index in [4.69, 9.17) is 10.5 Å². The lowest BCUT2D eigenvalue weighted by Crippen LogP contribution is -2.53. The highest BCUT2D eigenvalue weighted by Gasteiger charge is 2.28. The highest BCUT2D eigenvalue weighted by molar-refractivity contribution is 4.86. The van der Waals surface area contributed by atoms with Gasteiger partial charge in [-0.2, -0.15) is 0 Å². The molecule has 2 atom stereocenters. The van der Waals surface area contributed by atoms with Crippen LogP contribution in [-0.2, 0) is 4.74 Å². The van der Waals surface area contributed by atoms with Crippen LogP contribution >= 0.6 is 0 Å². The molecule has 2 fully saturated rings. The molecule has 1 unspecified atom stereocenters. The number of morpholine rings is 1. The molecule has 76 valence electrons. The molecule has 2 N–H and O–H groups in total. The molecular weight excluding hydrogens is 164 g/mol. The normalized spacial score (nSPS) is 37.6. The summed E-state index contributed by atoms with van der Waals surface area (Å²) in [7, 11) is 0. The van der Waals surface area contributed by atoms with Gasteiger partial charge in [0.25, 0.3) is 0 Å². The smallest absolute Gasteiger partial charge is 0.0594 e. The Labute approximate surface area is 80.2 Å². The van der Waals surface area contributed by atoms with Gasteiger partial charge in [0.1, 0.15) is 0 Å². The molecule has 1 aliphatic carbocycles. The number of hydrogen-bond donors (Lipinski definition) is 1. The molecule has 1 heterocycles. The van der Waals surface area contributed by atoms with Crippen molar-refractivity contribution in [2.24, 2.45) is 5.73 Å². The van der Waals surface area contributed by atoms with Gasteiger partial charge in [0.15, 0.2) is 0 Å². The average Bonchev–Trinajstić information content (AvgIpc) is 2.20. The van der Waals surface area contributed by atoms with Crippen LogP contribution in [0.3, 0.4) is 0 Å². The molecule has 1 saturated heterocycles. The Balaban J connectivity index is 1.88. The fraction of sp³-hybridized carbons (Fsp3) is 1.00. The Morgan fingerprint density at radius 2 is 1.77 bits per heavy atom. The van der Waals surface area contributed by atoms with Gasteiger partial charge in [0.05, 0.1) is 13.2 Å². The highest BCUT2D eigenvalue weighted by Crippen LogP contribution is 2.22. The standard InChI is InChI=1S/C10H20N2O/c11-9-3-1-2-4-10(9)12-5-7-13-8-6-12/h9-10H,1-8,11H2/t9-,10?/m1/s1. The zero-order valence-corrected chi connectivity index (χ0v) is 8.24. The summed E-state index contributed by atoms with van der Waals surface area (Å²) < 4.78 is 5.34. The van der Waals surface area contributed by atoms with Crippen molar-refractivity contribution in [1.29, 1.82) is 0 Å². The van der Waals surface area contributed by atoms with Crippen molar-refractivity contribution in [3.8, 4) is 0 Å². The zero-order valence-electron chi connectivity index (χ0n) is 8.24. The number of nitrogens with two attached hydrogens (primary N) is 1. The van der Waals surface area contributed by atoms with E-state index >= 15 is 0 Å². The van der Waals surface area contributed by atoms with E-state index < -0.39 is 0 Å². The molecule has 0 bridgehead atoms. The first-order chi connectivity index (χ1) is 6.38. The SMILES string of the molecule is N[C@@H]1CCCCC1N1CCOCC1. The first-order valence-corrected chi connectivity index (χ1v) is 5.45. The van der Waals surface area contributed by atoms with Gasteiger partial charge in [-0.05, 0) is 12.8 Å². The van der Waals surface area contributed by atoms with Crippen LogP contribution < -0.4 is 5.73 Å². The van der Waals surface area contributed by atoms with E-state index in [1.807, 2.05) is 0 Å². The van der Waals surface area contributed by atoms with Crippen LogP contribution in [0.1, 0.15) is 25.7 Å². The number of hydrogen-bond acceptors (Lipinski definition) is 3. The molecule has 0 aromatic heterocycles. The van der Waals surface area contributed by atoms with E-state index in [1.165, 1.54) is 25.7 Å². The van der Waals surface area contributed by atoms with Crippen molar-refractivity contribution >= 4 is 0 Å². The molecule has 0 aromatic carbocycles. The average molecular weight is 184 g/mol. The second-order valence-electron chi connectivity index (χ2n) is 4.16. The molecule has 0 aromatic rings. The molecule has 1 aliphatic heterocycles. The summed E-state index contributed by atoms with van der Waals surface area (Å²) in [5.41, 5.74) is 6.13. The maximum absolute atomic E-state index is 6.13. The highest BCUT2D eigenvalue weighted by atomic mass is 16.5. The number of rotatable bonds is 1. The van der Waals surface area contributed by atoms with E-state index in [1.54, 1.807) is 0 Å². The monoisotopic (exact) mass is 184 g/mol. The summed E-state index contributed by atoms with van der Waals surface area (Å²) in [6.07, 6.45) is 5.18. The maximum atomic E-state index is 6.13. The minimum atomic E-state index is 0.409. The number of ether oxygens (including phenoxy) is 1. The van der Waals surface area contributed by atoms with E-state index in [0.717, 1.165) is 26.3 Å². The van der Waals surface area contributed by atoms with Gasteiger partial charge in [-0.3, -0.25) is 4.90 Å². The van der Waals surface area contributed by atoms with E-state index in [2.05, 4.69) is 4.90 Å². The Bertz CT molecular complexity index is 157. The van der Waals surface area contributed by atoms with E-state index in [0.29, 0.717) is 12.1 Å². The Hall–Kier alpha value is -0.120. The van der Waals surface area contributed by atoms with Crippen molar-refractivity contribution in [2.45, 2.75) is 37.8 Å². The lowest BCUT2D eigenvalue weighted by molar-refractivity contribution is 0.00373. The summed E-state index contributed by atoms with van der Waals surface area (Å²) in [5.74, 6) is 0. The summed E-state index contributed by atoms with van der Waals surface area (Å²) in [6, 6.07) is 1.05. The summed E-state index contributed by atoms with van der Waals surface area (Å²) in [6.45, 7) is 3.95. The van der Waals surface area contributed by atoms with E-state index in [9.17, 15) is 0 Å². The van der Waals surface area contributed by atoms with Gasteiger partial charge in [-0.1, -0.05) is 12.8 Å². The van der Waals surface area contributed by atoms with Gasteiger partial charge < -0.3 is 10.5 Å².